The topological polar surface area (TPSA) is 65.2 Å². The first-order valence-corrected chi connectivity index (χ1v) is 7.04. The Bertz CT molecular complexity index is 575. The molecule has 0 aromatic carbocycles. The van der Waals surface area contributed by atoms with Gasteiger partial charge < -0.3 is 5.32 Å². The van der Waals surface area contributed by atoms with Gasteiger partial charge >= 0.3 is 0 Å². The van der Waals surface area contributed by atoms with Crippen molar-refractivity contribution in [3.8, 4) is 6.07 Å². The molecule has 2 aliphatic heterocycles. The second kappa shape index (κ2) is 4.18. The third-order valence-corrected chi connectivity index (χ3v) is 4.86. The minimum atomic E-state index is -0.698. The van der Waals surface area contributed by atoms with E-state index in [2.05, 4.69) is 44.1 Å². The molecule has 0 aliphatic carbocycles. The predicted octanol–water partition coefficient (Wildman–Crippen LogP) is 2.96. The van der Waals surface area contributed by atoms with E-state index in [1.807, 2.05) is 13.8 Å². The van der Waals surface area contributed by atoms with E-state index in [0.717, 1.165) is 23.4 Å². The van der Waals surface area contributed by atoms with Crippen LogP contribution in [0.5, 0.6) is 0 Å². The number of nitriles is 1. The maximum atomic E-state index is 11.7. The highest BCUT2D eigenvalue weighted by Gasteiger charge is 2.48. The fourth-order valence-corrected chi connectivity index (χ4v) is 3.03. The highest BCUT2D eigenvalue weighted by molar-refractivity contribution is 6.04. The summed E-state index contributed by atoms with van der Waals surface area (Å²) in [4.78, 5) is 16.3. The van der Waals surface area contributed by atoms with E-state index in [-0.39, 0.29) is 16.7 Å². The van der Waals surface area contributed by atoms with Crippen LogP contribution < -0.4 is 5.32 Å². The number of hydrogen-bond donors (Lipinski definition) is 1. The summed E-state index contributed by atoms with van der Waals surface area (Å²) in [5.41, 5.74) is 1.86. The number of amides is 1. The Morgan fingerprint density at radius 2 is 1.85 bits per heavy atom. The molecule has 4 nitrogen and oxygen atoms in total. The van der Waals surface area contributed by atoms with Gasteiger partial charge in [0.15, 0.2) is 0 Å². The van der Waals surface area contributed by atoms with Crippen molar-refractivity contribution in [1.82, 2.24) is 5.32 Å². The predicted molar refractivity (Wildman–Crippen MR) is 79.1 cm³/mol. The van der Waals surface area contributed by atoms with E-state index in [4.69, 9.17) is 0 Å². The Hall–Kier alpha value is -1.63. The van der Waals surface area contributed by atoms with E-state index in [1.165, 1.54) is 0 Å². The standard InChI is InChI=1S/C16H23N3O/c1-10(13-14(2,3)8-12(20)18-13)11-7-15(4,5)16(6,9-17)19-11/h7-8H2,1-6H3,(H,18,20)/b13-10-. The summed E-state index contributed by atoms with van der Waals surface area (Å²) < 4.78 is 0. The number of allylic oxidation sites excluding steroid dienone is 2. The molecule has 1 unspecified atom stereocenters. The fourth-order valence-electron chi connectivity index (χ4n) is 3.03. The van der Waals surface area contributed by atoms with Gasteiger partial charge in [-0.1, -0.05) is 27.7 Å². The Kier molecular flexibility index (Phi) is 3.09. The number of aliphatic imine (C=N–C) groups is 1. The molecular formula is C16H23N3O. The molecule has 2 rings (SSSR count). The Morgan fingerprint density at radius 1 is 1.25 bits per heavy atom. The van der Waals surface area contributed by atoms with E-state index in [9.17, 15) is 10.1 Å². The van der Waals surface area contributed by atoms with Crippen molar-refractivity contribution >= 4 is 11.6 Å². The lowest BCUT2D eigenvalue weighted by Crippen LogP contribution is -2.34. The molecular weight excluding hydrogens is 250 g/mol. The molecule has 1 saturated heterocycles. The third kappa shape index (κ3) is 2.06. The minimum Gasteiger partial charge on any atom is -0.329 e. The normalized spacial score (nSPS) is 33.5. The lowest BCUT2D eigenvalue weighted by atomic mass is 9.73. The van der Waals surface area contributed by atoms with Crippen LogP contribution in [0.15, 0.2) is 16.3 Å². The minimum absolute atomic E-state index is 0.0604. The summed E-state index contributed by atoms with van der Waals surface area (Å²) in [6.07, 6.45) is 1.27. The lowest BCUT2D eigenvalue weighted by molar-refractivity contribution is -0.119. The largest absolute Gasteiger partial charge is 0.329 e. The molecule has 0 saturated carbocycles. The third-order valence-electron chi connectivity index (χ3n) is 4.86. The van der Waals surface area contributed by atoms with Crippen molar-refractivity contribution in [3.63, 3.8) is 0 Å². The zero-order valence-corrected chi connectivity index (χ0v) is 13.2. The van der Waals surface area contributed by atoms with Crippen molar-refractivity contribution in [2.45, 2.75) is 59.9 Å². The molecule has 2 heterocycles. The van der Waals surface area contributed by atoms with Gasteiger partial charge in [0.05, 0.1) is 6.07 Å². The van der Waals surface area contributed by atoms with Crippen molar-refractivity contribution in [1.29, 1.82) is 5.26 Å². The second-order valence-corrected chi connectivity index (χ2v) is 7.41. The van der Waals surface area contributed by atoms with Crippen molar-refractivity contribution in [2.75, 3.05) is 0 Å². The highest BCUT2D eigenvalue weighted by Crippen LogP contribution is 2.45. The van der Waals surface area contributed by atoms with E-state index < -0.39 is 5.54 Å². The summed E-state index contributed by atoms with van der Waals surface area (Å²) in [6.45, 7) is 12.2. The zero-order chi connectivity index (χ0) is 15.3. The monoisotopic (exact) mass is 273 g/mol. The molecule has 0 radical (unpaired) electrons. The van der Waals surface area contributed by atoms with Crippen molar-refractivity contribution in [2.24, 2.45) is 15.8 Å². The van der Waals surface area contributed by atoms with Crippen LogP contribution in [0.2, 0.25) is 0 Å². The molecule has 1 amide bonds. The number of nitrogens with zero attached hydrogens (tertiary/aromatic N) is 2. The van der Waals surface area contributed by atoms with E-state index in [0.29, 0.717) is 6.42 Å². The van der Waals surface area contributed by atoms with Crippen molar-refractivity contribution < 1.29 is 4.79 Å². The lowest BCUT2D eigenvalue weighted by Gasteiger charge is -2.29. The quantitative estimate of drug-likeness (QED) is 0.798. The van der Waals surface area contributed by atoms with Crippen LogP contribution in [0.25, 0.3) is 0 Å². The van der Waals surface area contributed by atoms with Crippen LogP contribution in [0.1, 0.15) is 54.4 Å². The van der Waals surface area contributed by atoms with Gasteiger partial charge in [0.2, 0.25) is 5.91 Å². The molecule has 20 heavy (non-hydrogen) atoms. The number of hydrogen-bond acceptors (Lipinski definition) is 3. The summed E-state index contributed by atoms with van der Waals surface area (Å²) in [5.74, 6) is 0.0604. The van der Waals surface area contributed by atoms with Gasteiger partial charge in [0.25, 0.3) is 0 Å². The molecule has 1 atom stereocenters. The van der Waals surface area contributed by atoms with Gasteiger partial charge in [0, 0.05) is 28.7 Å². The SMILES string of the molecule is C/C(C1=NC(C)(C#N)C(C)(C)C1)=C1/NC(=O)CC1(C)C. The van der Waals surface area contributed by atoms with Crippen LogP contribution in [-0.2, 0) is 4.79 Å². The number of rotatable bonds is 1. The first-order valence-electron chi connectivity index (χ1n) is 7.04. The number of carbonyl (C=O) groups excluding carboxylic acids is 1. The van der Waals surface area contributed by atoms with Crippen LogP contribution in [0.4, 0.5) is 0 Å². The Balaban J connectivity index is 2.47. The first-order chi connectivity index (χ1) is 9.02. The summed E-state index contributed by atoms with van der Waals surface area (Å²) >= 11 is 0. The van der Waals surface area contributed by atoms with Crippen LogP contribution >= 0.6 is 0 Å². The van der Waals surface area contributed by atoms with Gasteiger partial charge in [-0.25, -0.2) is 0 Å². The average molecular weight is 273 g/mol. The summed E-state index contributed by atoms with van der Waals surface area (Å²) in [6, 6.07) is 2.34. The smallest absolute Gasteiger partial charge is 0.225 e. The molecule has 0 aromatic heterocycles. The second-order valence-electron chi connectivity index (χ2n) is 7.41. The van der Waals surface area contributed by atoms with Gasteiger partial charge in [-0.3, -0.25) is 9.79 Å². The molecule has 0 spiro atoms. The maximum absolute atomic E-state index is 11.7. The van der Waals surface area contributed by atoms with Gasteiger partial charge in [-0.05, 0) is 25.8 Å². The van der Waals surface area contributed by atoms with Crippen LogP contribution in [0, 0.1) is 22.2 Å². The summed E-state index contributed by atoms with van der Waals surface area (Å²) in [7, 11) is 0. The fraction of sp³-hybridized carbons (Fsp3) is 0.688. The zero-order valence-electron chi connectivity index (χ0n) is 13.2. The molecule has 2 aliphatic rings. The van der Waals surface area contributed by atoms with Crippen LogP contribution in [-0.4, -0.2) is 17.2 Å². The number of nitrogens with one attached hydrogen (secondary N) is 1. The van der Waals surface area contributed by atoms with Crippen molar-refractivity contribution in [3.05, 3.63) is 11.3 Å². The average Bonchev–Trinajstić information content (AvgIpc) is 2.72. The molecule has 1 fully saturated rings. The first kappa shape index (κ1) is 14.8. The van der Waals surface area contributed by atoms with Crippen LogP contribution in [0.3, 0.4) is 0 Å². The molecule has 0 aromatic rings. The Morgan fingerprint density at radius 3 is 2.25 bits per heavy atom. The summed E-state index contributed by atoms with van der Waals surface area (Å²) in [5, 5.41) is 12.4. The molecule has 1 N–H and O–H groups in total. The highest BCUT2D eigenvalue weighted by atomic mass is 16.2. The molecule has 0 bridgehead atoms. The van der Waals surface area contributed by atoms with Gasteiger partial charge in [-0.15, -0.1) is 0 Å². The molecule has 4 heteroatoms. The van der Waals surface area contributed by atoms with E-state index in [1.54, 1.807) is 0 Å². The van der Waals surface area contributed by atoms with Gasteiger partial charge in [-0.2, -0.15) is 5.26 Å². The number of carbonyl (C=O) groups is 1. The molecule has 108 valence electrons. The van der Waals surface area contributed by atoms with E-state index >= 15 is 0 Å². The Labute approximate surface area is 121 Å². The van der Waals surface area contributed by atoms with Gasteiger partial charge in [0.1, 0.15) is 5.54 Å². The maximum Gasteiger partial charge on any atom is 0.225 e.